The molecule has 0 N–H and O–H groups in total. The van der Waals surface area contributed by atoms with Crippen LogP contribution in [0.15, 0.2) is 0 Å². The predicted molar refractivity (Wildman–Crippen MR) is 76.8 cm³/mol. The molecule has 4 nitrogen and oxygen atoms in total. The summed E-state index contributed by atoms with van der Waals surface area (Å²) in [5, 5.41) is 0. The highest BCUT2D eigenvalue weighted by Gasteiger charge is 2.28. The van der Waals surface area contributed by atoms with Gasteiger partial charge in [-0.25, -0.2) is 0 Å². The van der Waals surface area contributed by atoms with Gasteiger partial charge < -0.3 is 9.80 Å². The summed E-state index contributed by atoms with van der Waals surface area (Å²) >= 11 is 0. The maximum atomic E-state index is 12.4. The molecular formula is C15H28N2O2. The summed E-state index contributed by atoms with van der Waals surface area (Å²) in [6.45, 7) is 8.81. The standard InChI is InChI=1S/C15H28N2O2/c1-5-12(3)17(13(4)18)11-15(19)16-10-8-7-9-14(16)6-2/h12,14H,5-11H2,1-4H3. The van der Waals surface area contributed by atoms with Gasteiger partial charge in [0.05, 0.1) is 6.54 Å². The van der Waals surface area contributed by atoms with Crippen LogP contribution in [0.25, 0.3) is 0 Å². The number of likely N-dealkylation sites (tertiary alicyclic amines) is 1. The van der Waals surface area contributed by atoms with Crippen LogP contribution in [0.1, 0.15) is 59.8 Å². The second-order valence-electron chi connectivity index (χ2n) is 5.55. The van der Waals surface area contributed by atoms with Crippen LogP contribution < -0.4 is 0 Å². The number of amides is 2. The van der Waals surface area contributed by atoms with E-state index in [0.717, 1.165) is 32.2 Å². The Bertz CT molecular complexity index is 317. The quantitative estimate of drug-likeness (QED) is 0.768. The zero-order valence-corrected chi connectivity index (χ0v) is 12.8. The van der Waals surface area contributed by atoms with Gasteiger partial charge in [0.25, 0.3) is 0 Å². The summed E-state index contributed by atoms with van der Waals surface area (Å²) in [6, 6.07) is 0.498. The van der Waals surface area contributed by atoms with Crippen LogP contribution in [0.4, 0.5) is 0 Å². The molecule has 0 saturated carbocycles. The van der Waals surface area contributed by atoms with E-state index in [-0.39, 0.29) is 24.4 Å². The molecule has 0 bridgehead atoms. The zero-order chi connectivity index (χ0) is 14.4. The first kappa shape index (κ1) is 16.0. The molecular weight excluding hydrogens is 240 g/mol. The van der Waals surface area contributed by atoms with Gasteiger partial charge in [0.2, 0.25) is 11.8 Å². The van der Waals surface area contributed by atoms with E-state index in [1.54, 1.807) is 11.8 Å². The third kappa shape index (κ3) is 4.22. The minimum absolute atomic E-state index is 0.00671. The van der Waals surface area contributed by atoms with Crippen LogP contribution in [0.3, 0.4) is 0 Å². The molecule has 19 heavy (non-hydrogen) atoms. The molecule has 0 aromatic heterocycles. The number of carbonyl (C=O) groups is 2. The normalized spacial score (nSPS) is 21.1. The molecule has 1 heterocycles. The van der Waals surface area contributed by atoms with Crippen molar-refractivity contribution in [1.29, 1.82) is 0 Å². The van der Waals surface area contributed by atoms with Crippen LogP contribution >= 0.6 is 0 Å². The molecule has 1 rings (SSSR count). The van der Waals surface area contributed by atoms with Gasteiger partial charge >= 0.3 is 0 Å². The Hall–Kier alpha value is -1.06. The molecule has 1 saturated heterocycles. The summed E-state index contributed by atoms with van der Waals surface area (Å²) in [4.78, 5) is 27.8. The van der Waals surface area contributed by atoms with E-state index in [0.29, 0.717) is 6.04 Å². The fraction of sp³-hybridized carbons (Fsp3) is 0.867. The molecule has 0 aromatic carbocycles. The molecule has 2 atom stereocenters. The van der Waals surface area contributed by atoms with E-state index in [1.807, 2.05) is 18.7 Å². The van der Waals surface area contributed by atoms with Crippen molar-refractivity contribution in [2.45, 2.75) is 71.9 Å². The Labute approximate surface area is 117 Å². The van der Waals surface area contributed by atoms with Crippen molar-refractivity contribution in [2.75, 3.05) is 13.1 Å². The Morgan fingerprint density at radius 2 is 2.00 bits per heavy atom. The first-order valence-electron chi connectivity index (χ1n) is 7.57. The fourth-order valence-electron chi connectivity index (χ4n) is 2.79. The van der Waals surface area contributed by atoms with Gasteiger partial charge in [0.15, 0.2) is 0 Å². The number of nitrogens with zero attached hydrogens (tertiary/aromatic N) is 2. The lowest BCUT2D eigenvalue weighted by atomic mass is 10.00. The molecule has 1 fully saturated rings. The van der Waals surface area contributed by atoms with Gasteiger partial charge in [-0.15, -0.1) is 0 Å². The fourth-order valence-corrected chi connectivity index (χ4v) is 2.79. The molecule has 2 unspecified atom stereocenters. The lowest BCUT2D eigenvalue weighted by Crippen LogP contribution is -2.50. The van der Waals surface area contributed by atoms with E-state index >= 15 is 0 Å². The van der Waals surface area contributed by atoms with Gasteiger partial charge in [-0.1, -0.05) is 13.8 Å². The highest BCUT2D eigenvalue weighted by molar-refractivity contribution is 5.84. The van der Waals surface area contributed by atoms with Gasteiger partial charge in [-0.3, -0.25) is 9.59 Å². The SMILES string of the molecule is CCC(C)N(CC(=O)N1CCCCC1CC)C(C)=O. The van der Waals surface area contributed by atoms with Crippen molar-refractivity contribution in [3.8, 4) is 0 Å². The Kier molecular flexibility index (Phi) is 6.32. The van der Waals surface area contributed by atoms with Crippen molar-refractivity contribution in [3.05, 3.63) is 0 Å². The van der Waals surface area contributed by atoms with Gasteiger partial charge in [-0.05, 0) is 39.0 Å². The smallest absolute Gasteiger partial charge is 0.242 e. The maximum Gasteiger partial charge on any atom is 0.242 e. The minimum atomic E-state index is -0.00671. The average molecular weight is 268 g/mol. The second-order valence-corrected chi connectivity index (χ2v) is 5.55. The summed E-state index contributed by atoms with van der Waals surface area (Å²) in [7, 11) is 0. The number of hydrogen-bond donors (Lipinski definition) is 0. The van der Waals surface area contributed by atoms with Crippen molar-refractivity contribution in [3.63, 3.8) is 0 Å². The third-order valence-electron chi connectivity index (χ3n) is 4.25. The van der Waals surface area contributed by atoms with E-state index in [2.05, 4.69) is 6.92 Å². The average Bonchev–Trinajstić information content (AvgIpc) is 2.43. The maximum absolute atomic E-state index is 12.4. The van der Waals surface area contributed by atoms with Gasteiger partial charge in [0.1, 0.15) is 0 Å². The molecule has 1 aliphatic rings. The van der Waals surface area contributed by atoms with Crippen molar-refractivity contribution < 1.29 is 9.59 Å². The van der Waals surface area contributed by atoms with E-state index in [1.165, 1.54) is 6.42 Å². The molecule has 1 aliphatic heterocycles. The van der Waals surface area contributed by atoms with Crippen molar-refractivity contribution in [1.82, 2.24) is 9.80 Å². The summed E-state index contributed by atoms with van der Waals surface area (Å²) in [5.74, 6) is 0.106. The van der Waals surface area contributed by atoms with Crippen LogP contribution in [-0.2, 0) is 9.59 Å². The summed E-state index contributed by atoms with van der Waals surface area (Å²) in [5.41, 5.74) is 0. The van der Waals surface area contributed by atoms with Gasteiger partial charge in [0, 0.05) is 25.6 Å². The number of rotatable bonds is 5. The van der Waals surface area contributed by atoms with Gasteiger partial charge in [-0.2, -0.15) is 0 Å². The van der Waals surface area contributed by atoms with Crippen LogP contribution in [-0.4, -0.2) is 46.8 Å². The molecule has 0 aliphatic carbocycles. The summed E-state index contributed by atoms with van der Waals surface area (Å²) < 4.78 is 0. The summed E-state index contributed by atoms with van der Waals surface area (Å²) in [6.07, 6.45) is 5.29. The Morgan fingerprint density at radius 1 is 1.32 bits per heavy atom. The van der Waals surface area contributed by atoms with Crippen LogP contribution in [0, 0.1) is 0 Å². The minimum Gasteiger partial charge on any atom is -0.338 e. The van der Waals surface area contributed by atoms with E-state index in [4.69, 9.17) is 0 Å². The molecule has 0 aromatic rings. The third-order valence-corrected chi connectivity index (χ3v) is 4.25. The highest BCUT2D eigenvalue weighted by atomic mass is 16.2. The molecule has 110 valence electrons. The molecule has 0 spiro atoms. The predicted octanol–water partition coefficient (Wildman–Crippen LogP) is 2.42. The first-order valence-corrected chi connectivity index (χ1v) is 7.57. The van der Waals surface area contributed by atoms with E-state index in [9.17, 15) is 9.59 Å². The van der Waals surface area contributed by atoms with Crippen molar-refractivity contribution >= 4 is 11.8 Å². The Morgan fingerprint density at radius 3 is 2.53 bits per heavy atom. The monoisotopic (exact) mass is 268 g/mol. The Balaban J connectivity index is 2.67. The molecule has 0 radical (unpaired) electrons. The molecule has 2 amide bonds. The van der Waals surface area contributed by atoms with Crippen LogP contribution in [0.2, 0.25) is 0 Å². The lowest BCUT2D eigenvalue weighted by molar-refractivity contribution is -0.143. The van der Waals surface area contributed by atoms with E-state index < -0.39 is 0 Å². The first-order chi connectivity index (χ1) is 9.01. The topological polar surface area (TPSA) is 40.6 Å². The second kappa shape index (κ2) is 7.51. The number of carbonyl (C=O) groups excluding carboxylic acids is 2. The lowest BCUT2D eigenvalue weighted by Gasteiger charge is -2.37. The number of piperidine rings is 1. The zero-order valence-electron chi connectivity index (χ0n) is 12.8. The highest BCUT2D eigenvalue weighted by Crippen LogP contribution is 2.20. The molecule has 4 heteroatoms. The number of hydrogen-bond acceptors (Lipinski definition) is 2. The largest absolute Gasteiger partial charge is 0.338 e. The van der Waals surface area contributed by atoms with Crippen molar-refractivity contribution in [2.24, 2.45) is 0 Å². The van der Waals surface area contributed by atoms with Crippen LogP contribution in [0.5, 0.6) is 0 Å².